The summed E-state index contributed by atoms with van der Waals surface area (Å²) in [7, 11) is 0. The molecule has 5 heteroatoms. The van der Waals surface area contributed by atoms with Crippen LogP contribution in [0, 0.1) is 6.92 Å². The molecular weight excluding hydrogens is 242 g/mol. The first kappa shape index (κ1) is 13.0. The van der Waals surface area contributed by atoms with Crippen LogP contribution in [0.25, 0.3) is 0 Å². The number of aryl methyl sites for hydroxylation is 1. The SMILES string of the molecule is Cc1cc(=O)c(C(=O)Nc2cccc(CN)c2)c[nH]1. The maximum absolute atomic E-state index is 12.0. The molecule has 0 aliphatic heterocycles. The maximum atomic E-state index is 12.0. The molecule has 5 nitrogen and oxygen atoms in total. The number of hydrogen-bond acceptors (Lipinski definition) is 3. The summed E-state index contributed by atoms with van der Waals surface area (Å²) >= 11 is 0. The zero-order chi connectivity index (χ0) is 13.8. The average Bonchev–Trinajstić information content (AvgIpc) is 2.38. The van der Waals surface area contributed by atoms with Crippen molar-refractivity contribution in [1.82, 2.24) is 4.98 Å². The highest BCUT2D eigenvalue weighted by Gasteiger charge is 2.10. The van der Waals surface area contributed by atoms with Gasteiger partial charge in [-0.2, -0.15) is 0 Å². The number of anilines is 1. The quantitative estimate of drug-likeness (QED) is 0.776. The summed E-state index contributed by atoms with van der Waals surface area (Å²) in [6.07, 6.45) is 1.42. The van der Waals surface area contributed by atoms with E-state index in [1.807, 2.05) is 6.07 Å². The maximum Gasteiger partial charge on any atom is 0.261 e. The molecule has 1 heterocycles. The number of amides is 1. The third kappa shape index (κ3) is 3.08. The summed E-state index contributed by atoms with van der Waals surface area (Å²) < 4.78 is 0. The number of rotatable bonds is 3. The second-order valence-corrected chi connectivity index (χ2v) is 4.25. The summed E-state index contributed by atoms with van der Waals surface area (Å²) in [5.74, 6) is -0.435. The molecule has 98 valence electrons. The Balaban J connectivity index is 2.23. The highest BCUT2D eigenvalue weighted by Crippen LogP contribution is 2.11. The van der Waals surface area contributed by atoms with Gasteiger partial charge in [0, 0.05) is 30.2 Å². The normalized spacial score (nSPS) is 10.2. The molecule has 0 saturated carbocycles. The van der Waals surface area contributed by atoms with Crippen LogP contribution in [0.2, 0.25) is 0 Å². The Morgan fingerprint density at radius 2 is 2.16 bits per heavy atom. The van der Waals surface area contributed by atoms with Crippen molar-refractivity contribution in [3.05, 3.63) is 63.6 Å². The van der Waals surface area contributed by atoms with E-state index in [0.29, 0.717) is 17.9 Å². The van der Waals surface area contributed by atoms with Crippen LogP contribution < -0.4 is 16.5 Å². The van der Waals surface area contributed by atoms with Crippen molar-refractivity contribution in [2.45, 2.75) is 13.5 Å². The van der Waals surface area contributed by atoms with Crippen molar-refractivity contribution in [3.8, 4) is 0 Å². The number of hydrogen-bond donors (Lipinski definition) is 3. The molecule has 1 aromatic heterocycles. The van der Waals surface area contributed by atoms with Gasteiger partial charge in [-0.1, -0.05) is 12.1 Å². The average molecular weight is 257 g/mol. The van der Waals surface area contributed by atoms with Crippen molar-refractivity contribution in [2.24, 2.45) is 5.73 Å². The highest BCUT2D eigenvalue weighted by atomic mass is 16.2. The zero-order valence-electron chi connectivity index (χ0n) is 10.6. The predicted molar refractivity (Wildman–Crippen MR) is 74.1 cm³/mol. The lowest BCUT2D eigenvalue weighted by molar-refractivity contribution is 0.102. The van der Waals surface area contributed by atoms with E-state index in [-0.39, 0.29) is 11.0 Å². The van der Waals surface area contributed by atoms with E-state index >= 15 is 0 Å². The standard InChI is InChI=1S/C14H15N3O2/c1-9-5-13(18)12(8-16-9)14(19)17-11-4-2-3-10(6-11)7-15/h2-6,8H,7,15H2,1H3,(H,16,18)(H,17,19). The van der Waals surface area contributed by atoms with E-state index in [9.17, 15) is 9.59 Å². The molecule has 0 aliphatic carbocycles. The lowest BCUT2D eigenvalue weighted by Gasteiger charge is -2.06. The monoisotopic (exact) mass is 257 g/mol. The van der Waals surface area contributed by atoms with Crippen LogP contribution in [0.3, 0.4) is 0 Å². The Hall–Kier alpha value is -2.40. The van der Waals surface area contributed by atoms with Gasteiger partial charge >= 0.3 is 0 Å². The van der Waals surface area contributed by atoms with Gasteiger partial charge in [0.2, 0.25) is 0 Å². The number of nitrogens with two attached hydrogens (primary N) is 1. The van der Waals surface area contributed by atoms with Gasteiger partial charge in [0.1, 0.15) is 5.56 Å². The zero-order valence-corrected chi connectivity index (χ0v) is 10.6. The number of aromatic nitrogens is 1. The van der Waals surface area contributed by atoms with E-state index in [0.717, 1.165) is 5.56 Å². The molecule has 0 bridgehead atoms. The third-order valence-electron chi connectivity index (χ3n) is 2.72. The Labute approximate surface area is 110 Å². The van der Waals surface area contributed by atoms with Crippen molar-refractivity contribution in [1.29, 1.82) is 0 Å². The van der Waals surface area contributed by atoms with E-state index in [1.165, 1.54) is 12.3 Å². The minimum Gasteiger partial charge on any atom is -0.364 e. The largest absolute Gasteiger partial charge is 0.364 e. The number of H-pyrrole nitrogens is 1. The molecule has 4 N–H and O–H groups in total. The van der Waals surface area contributed by atoms with E-state index in [2.05, 4.69) is 10.3 Å². The first-order valence-electron chi connectivity index (χ1n) is 5.90. The first-order chi connectivity index (χ1) is 9.10. The predicted octanol–water partition coefficient (Wildman–Crippen LogP) is 1.39. The molecule has 1 aromatic carbocycles. The number of pyridine rings is 1. The molecule has 1 amide bonds. The fourth-order valence-corrected chi connectivity index (χ4v) is 1.73. The lowest BCUT2D eigenvalue weighted by atomic mass is 10.2. The number of aromatic amines is 1. The van der Waals surface area contributed by atoms with Crippen LogP contribution in [0.5, 0.6) is 0 Å². The van der Waals surface area contributed by atoms with E-state index < -0.39 is 5.91 Å². The summed E-state index contributed by atoms with van der Waals surface area (Å²) in [5.41, 5.74) is 7.56. The van der Waals surface area contributed by atoms with E-state index in [1.54, 1.807) is 25.1 Å². The molecule has 0 radical (unpaired) electrons. The third-order valence-corrected chi connectivity index (χ3v) is 2.72. The van der Waals surface area contributed by atoms with Gasteiger partial charge in [0.15, 0.2) is 5.43 Å². The lowest BCUT2D eigenvalue weighted by Crippen LogP contribution is -2.21. The molecule has 0 atom stereocenters. The molecule has 0 aliphatic rings. The van der Waals surface area contributed by atoms with Gasteiger partial charge in [-0.3, -0.25) is 9.59 Å². The topological polar surface area (TPSA) is 88.0 Å². The number of carbonyl (C=O) groups excluding carboxylic acids is 1. The number of benzene rings is 1. The van der Waals surface area contributed by atoms with Crippen LogP contribution >= 0.6 is 0 Å². The Morgan fingerprint density at radius 1 is 1.37 bits per heavy atom. The molecule has 2 aromatic rings. The van der Waals surface area contributed by atoms with E-state index in [4.69, 9.17) is 5.73 Å². The minimum atomic E-state index is -0.435. The summed E-state index contributed by atoms with van der Waals surface area (Å²) in [5, 5.41) is 2.68. The van der Waals surface area contributed by atoms with Crippen molar-refractivity contribution in [3.63, 3.8) is 0 Å². The molecular formula is C14H15N3O2. The Bertz CT molecular complexity index is 662. The van der Waals surface area contributed by atoms with Crippen molar-refractivity contribution in [2.75, 3.05) is 5.32 Å². The molecule has 2 rings (SSSR count). The molecule has 0 unspecified atom stereocenters. The van der Waals surface area contributed by atoms with Gasteiger partial charge in [0.25, 0.3) is 5.91 Å². The van der Waals surface area contributed by atoms with Crippen LogP contribution in [0.15, 0.2) is 41.3 Å². The van der Waals surface area contributed by atoms with Gasteiger partial charge in [-0.25, -0.2) is 0 Å². The van der Waals surface area contributed by atoms with Gasteiger partial charge in [-0.15, -0.1) is 0 Å². The summed E-state index contributed by atoms with van der Waals surface area (Å²) in [4.78, 5) is 26.5. The van der Waals surface area contributed by atoms with Gasteiger partial charge in [0.05, 0.1) is 0 Å². The van der Waals surface area contributed by atoms with Crippen LogP contribution in [-0.4, -0.2) is 10.9 Å². The highest BCUT2D eigenvalue weighted by molar-refractivity contribution is 6.04. The van der Waals surface area contributed by atoms with Crippen LogP contribution in [0.4, 0.5) is 5.69 Å². The van der Waals surface area contributed by atoms with Gasteiger partial charge in [-0.05, 0) is 24.6 Å². The molecule has 0 saturated heterocycles. The van der Waals surface area contributed by atoms with Gasteiger partial charge < -0.3 is 16.0 Å². The second-order valence-electron chi connectivity index (χ2n) is 4.25. The summed E-state index contributed by atoms with van der Waals surface area (Å²) in [6, 6.07) is 8.59. The van der Waals surface area contributed by atoms with Crippen molar-refractivity contribution >= 4 is 11.6 Å². The molecule has 0 fully saturated rings. The fraction of sp³-hybridized carbons (Fsp3) is 0.143. The Kier molecular flexibility index (Phi) is 3.77. The second kappa shape index (κ2) is 5.49. The summed E-state index contributed by atoms with van der Waals surface area (Å²) in [6.45, 7) is 2.16. The number of nitrogens with one attached hydrogen (secondary N) is 2. The molecule has 0 spiro atoms. The van der Waals surface area contributed by atoms with Crippen LogP contribution in [-0.2, 0) is 6.54 Å². The fourth-order valence-electron chi connectivity index (χ4n) is 1.73. The number of carbonyl (C=O) groups is 1. The molecule has 19 heavy (non-hydrogen) atoms. The Morgan fingerprint density at radius 3 is 2.84 bits per heavy atom. The first-order valence-corrected chi connectivity index (χ1v) is 5.90. The minimum absolute atomic E-state index is 0.0868. The van der Waals surface area contributed by atoms with Crippen molar-refractivity contribution < 1.29 is 4.79 Å². The smallest absolute Gasteiger partial charge is 0.261 e. The van der Waals surface area contributed by atoms with Crippen LogP contribution in [0.1, 0.15) is 21.6 Å².